The molecule has 0 heterocycles. The van der Waals surface area contributed by atoms with E-state index in [1.54, 1.807) is 32.9 Å². The van der Waals surface area contributed by atoms with Crippen molar-refractivity contribution in [2.75, 3.05) is 15.9 Å². The number of rotatable bonds is 6. The maximum atomic E-state index is 13.7. The first kappa shape index (κ1) is 24.3. The first-order valence-electron chi connectivity index (χ1n) is 9.37. The van der Waals surface area contributed by atoms with Crippen molar-refractivity contribution in [1.82, 2.24) is 5.32 Å². The second kappa shape index (κ2) is 9.01. The zero-order valence-corrected chi connectivity index (χ0v) is 18.7. The number of nitrogens with one attached hydrogen (secondary N) is 2. The van der Waals surface area contributed by atoms with Crippen LogP contribution in [0.3, 0.4) is 0 Å². The highest BCUT2D eigenvalue weighted by molar-refractivity contribution is 7.92. The zero-order valence-electron chi connectivity index (χ0n) is 17.9. The molecule has 0 aliphatic heterocycles. The summed E-state index contributed by atoms with van der Waals surface area (Å²) in [5.41, 5.74) is -0.347. The monoisotopic (exact) mass is 453 g/mol. The maximum absolute atomic E-state index is 13.7. The van der Waals surface area contributed by atoms with Crippen molar-refractivity contribution in [3.63, 3.8) is 0 Å². The highest BCUT2D eigenvalue weighted by atomic mass is 32.2. The van der Waals surface area contributed by atoms with Crippen LogP contribution in [0.1, 0.15) is 38.1 Å². The third-order valence-corrected chi connectivity index (χ3v) is 5.41. The molecule has 0 aromatic heterocycles. The Kier molecular flexibility index (Phi) is 7.05. The summed E-state index contributed by atoms with van der Waals surface area (Å²) in [6.45, 7) is 6.72. The van der Waals surface area contributed by atoms with E-state index in [2.05, 4.69) is 10.6 Å². The standard InChI is InChI=1S/C21H25F2N3O4S/c1-13(26(31(5,29)30)14-10-11-16(22)17(23)12-14)19(27)24-18-9-7-6-8-15(18)20(28)25-21(2,3)4/h6-13H,1-5H3,(H,24,27)(H,25,28)/t13-/m1/s1. The molecule has 0 aliphatic rings. The van der Waals surface area contributed by atoms with Crippen molar-refractivity contribution in [3.8, 4) is 0 Å². The molecule has 2 aromatic carbocycles. The van der Waals surface area contributed by atoms with E-state index in [4.69, 9.17) is 0 Å². The van der Waals surface area contributed by atoms with Crippen molar-refractivity contribution in [2.24, 2.45) is 0 Å². The van der Waals surface area contributed by atoms with Gasteiger partial charge in [0.2, 0.25) is 15.9 Å². The Morgan fingerprint density at radius 3 is 2.19 bits per heavy atom. The van der Waals surface area contributed by atoms with Gasteiger partial charge in [0, 0.05) is 11.6 Å². The van der Waals surface area contributed by atoms with E-state index < -0.39 is 45.1 Å². The number of carbonyl (C=O) groups excluding carboxylic acids is 2. The van der Waals surface area contributed by atoms with E-state index in [9.17, 15) is 26.8 Å². The van der Waals surface area contributed by atoms with Gasteiger partial charge in [0.05, 0.1) is 23.2 Å². The van der Waals surface area contributed by atoms with Crippen LogP contribution in [0.15, 0.2) is 42.5 Å². The number of nitrogens with zero attached hydrogens (tertiary/aromatic N) is 1. The molecular formula is C21H25F2N3O4S. The number of hydrogen-bond donors (Lipinski definition) is 2. The predicted octanol–water partition coefficient (Wildman–Crippen LogP) is 3.29. The number of benzene rings is 2. The number of hydrogen-bond acceptors (Lipinski definition) is 4. The third-order valence-electron chi connectivity index (χ3n) is 4.16. The summed E-state index contributed by atoms with van der Waals surface area (Å²) in [5, 5.41) is 5.34. The molecular weight excluding hydrogens is 428 g/mol. The second-order valence-corrected chi connectivity index (χ2v) is 9.93. The van der Waals surface area contributed by atoms with Gasteiger partial charge in [0.15, 0.2) is 11.6 Å². The zero-order chi connectivity index (χ0) is 23.6. The van der Waals surface area contributed by atoms with Crippen LogP contribution in [-0.4, -0.2) is 38.1 Å². The minimum Gasteiger partial charge on any atom is -0.347 e. The molecule has 2 rings (SSSR count). The van der Waals surface area contributed by atoms with Crippen molar-refractivity contribution in [1.29, 1.82) is 0 Å². The smallest absolute Gasteiger partial charge is 0.253 e. The number of sulfonamides is 1. The lowest BCUT2D eigenvalue weighted by atomic mass is 10.1. The van der Waals surface area contributed by atoms with E-state index in [0.717, 1.165) is 18.4 Å². The molecule has 0 spiro atoms. The Bertz CT molecular complexity index is 1100. The molecule has 168 valence electrons. The molecule has 2 amide bonds. The summed E-state index contributed by atoms with van der Waals surface area (Å²) >= 11 is 0. The minimum absolute atomic E-state index is 0.180. The van der Waals surface area contributed by atoms with Crippen LogP contribution in [0.5, 0.6) is 0 Å². The molecule has 0 bridgehead atoms. The van der Waals surface area contributed by atoms with Crippen LogP contribution >= 0.6 is 0 Å². The van der Waals surface area contributed by atoms with Crippen LogP contribution in [0.25, 0.3) is 0 Å². The molecule has 2 aromatic rings. The number of anilines is 2. The highest BCUT2D eigenvalue weighted by Gasteiger charge is 2.30. The lowest BCUT2D eigenvalue weighted by Crippen LogP contribution is -2.46. The van der Waals surface area contributed by atoms with Gasteiger partial charge in [-0.25, -0.2) is 17.2 Å². The lowest BCUT2D eigenvalue weighted by molar-refractivity contribution is -0.116. The molecule has 10 heteroatoms. The molecule has 0 aliphatic carbocycles. The summed E-state index contributed by atoms with van der Waals surface area (Å²) in [5.74, 6) is -3.57. The van der Waals surface area contributed by atoms with Crippen LogP contribution in [0.2, 0.25) is 0 Å². The summed E-state index contributed by atoms with van der Waals surface area (Å²) in [6, 6.07) is 7.48. The quantitative estimate of drug-likeness (QED) is 0.702. The Labute approximate surface area is 180 Å². The molecule has 31 heavy (non-hydrogen) atoms. The van der Waals surface area contributed by atoms with Crippen LogP contribution in [0, 0.1) is 11.6 Å². The summed E-state index contributed by atoms with van der Waals surface area (Å²) in [7, 11) is -4.03. The van der Waals surface area contributed by atoms with Crippen LogP contribution in [0.4, 0.5) is 20.2 Å². The van der Waals surface area contributed by atoms with Gasteiger partial charge in [-0.1, -0.05) is 12.1 Å². The van der Waals surface area contributed by atoms with Gasteiger partial charge in [-0.05, 0) is 52.0 Å². The van der Waals surface area contributed by atoms with Crippen LogP contribution < -0.4 is 14.9 Å². The van der Waals surface area contributed by atoms with Gasteiger partial charge in [0.1, 0.15) is 6.04 Å². The second-order valence-electron chi connectivity index (χ2n) is 8.07. The first-order valence-corrected chi connectivity index (χ1v) is 11.2. The topological polar surface area (TPSA) is 95.6 Å². The summed E-state index contributed by atoms with van der Waals surface area (Å²) in [6.07, 6.45) is 0.850. The van der Waals surface area contributed by atoms with Gasteiger partial charge in [-0.15, -0.1) is 0 Å². The Morgan fingerprint density at radius 2 is 1.65 bits per heavy atom. The Hall–Kier alpha value is -3.01. The predicted molar refractivity (Wildman–Crippen MR) is 115 cm³/mol. The van der Waals surface area contributed by atoms with Crippen molar-refractivity contribution in [3.05, 3.63) is 59.7 Å². The van der Waals surface area contributed by atoms with E-state index in [0.29, 0.717) is 10.4 Å². The first-order chi connectivity index (χ1) is 14.2. The van der Waals surface area contributed by atoms with E-state index in [-0.39, 0.29) is 16.9 Å². The highest BCUT2D eigenvalue weighted by Crippen LogP contribution is 2.24. The Balaban J connectivity index is 2.36. The fraction of sp³-hybridized carbons (Fsp3) is 0.333. The molecule has 2 N–H and O–H groups in total. The van der Waals surface area contributed by atoms with E-state index in [1.807, 2.05) is 0 Å². The number of para-hydroxylation sites is 1. The molecule has 0 radical (unpaired) electrons. The largest absolute Gasteiger partial charge is 0.347 e. The number of amides is 2. The van der Waals surface area contributed by atoms with E-state index in [1.165, 1.54) is 19.1 Å². The molecule has 0 saturated carbocycles. The SMILES string of the molecule is C[C@H](C(=O)Nc1ccccc1C(=O)NC(C)(C)C)N(c1ccc(F)c(F)c1)S(C)(=O)=O. The molecule has 0 saturated heterocycles. The summed E-state index contributed by atoms with van der Waals surface area (Å²) in [4.78, 5) is 25.4. The van der Waals surface area contributed by atoms with Gasteiger partial charge in [0.25, 0.3) is 5.91 Å². The van der Waals surface area contributed by atoms with Crippen molar-refractivity contribution >= 4 is 33.2 Å². The van der Waals surface area contributed by atoms with Crippen molar-refractivity contribution < 1.29 is 26.8 Å². The fourth-order valence-electron chi connectivity index (χ4n) is 2.87. The fourth-order valence-corrected chi connectivity index (χ4v) is 4.03. The lowest BCUT2D eigenvalue weighted by Gasteiger charge is -2.28. The molecule has 1 atom stereocenters. The average molecular weight is 454 g/mol. The number of carbonyl (C=O) groups is 2. The molecule has 0 fully saturated rings. The number of halogens is 2. The van der Waals surface area contributed by atoms with E-state index >= 15 is 0 Å². The summed E-state index contributed by atoms with van der Waals surface area (Å²) < 4.78 is 52.3. The third kappa shape index (κ3) is 6.24. The molecule has 0 unspecified atom stereocenters. The van der Waals surface area contributed by atoms with Gasteiger partial charge in [-0.3, -0.25) is 13.9 Å². The minimum atomic E-state index is -4.03. The molecule has 7 nitrogen and oxygen atoms in total. The normalized spacial score (nSPS) is 12.7. The van der Waals surface area contributed by atoms with Gasteiger partial charge >= 0.3 is 0 Å². The maximum Gasteiger partial charge on any atom is 0.253 e. The van der Waals surface area contributed by atoms with Crippen molar-refractivity contribution in [2.45, 2.75) is 39.3 Å². The van der Waals surface area contributed by atoms with Gasteiger partial charge in [-0.2, -0.15) is 0 Å². The Morgan fingerprint density at radius 1 is 1.03 bits per heavy atom. The average Bonchev–Trinajstić information content (AvgIpc) is 2.62. The van der Waals surface area contributed by atoms with Gasteiger partial charge < -0.3 is 10.6 Å². The van der Waals surface area contributed by atoms with Crippen LogP contribution in [-0.2, 0) is 14.8 Å².